The van der Waals surface area contributed by atoms with Gasteiger partial charge in [0.15, 0.2) is 0 Å². The molecule has 0 aromatic heterocycles. The third-order valence-electron chi connectivity index (χ3n) is 3.86. The van der Waals surface area contributed by atoms with Gasteiger partial charge in [0.1, 0.15) is 0 Å². The van der Waals surface area contributed by atoms with Gasteiger partial charge in [-0.05, 0) is 12.5 Å². The number of amides is 3. The summed E-state index contributed by atoms with van der Waals surface area (Å²) in [6.45, 7) is 7.50. The summed E-state index contributed by atoms with van der Waals surface area (Å²) in [6, 6.07) is 9.27. The minimum atomic E-state index is -0.576. The summed E-state index contributed by atoms with van der Waals surface area (Å²) in [6.07, 6.45) is 0. The van der Waals surface area contributed by atoms with Crippen LogP contribution in [0.4, 0.5) is 4.79 Å². The first-order chi connectivity index (χ1) is 9.25. The van der Waals surface area contributed by atoms with E-state index in [9.17, 15) is 9.59 Å². The number of likely N-dealkylation sites (N-methyl/N-ethyl adjacent to an activating group) is 1. The maximum Gasteiger partial charge on any atom is 0.327 e. The van der Waals surface area contributed by atoms with Gasteiger partial charge < -0.3 is 4.90 Å². The molecule has 4 heteroatoms. The standard InChI is InChI=1S/C16H22N2O2/c1-11-13(12-9-7-6-8-10-12)18(15(20)17(11)5)14(19)16(2,3)4/h6-11,13H,1-5H3. The Labute approximate surface area is 120 Å². The van der Waals surface area contributed by atoms with Crippen molar-refractivity contribution >= 4 is 11.9 Å². The van der Waals surface area contributed by atoms with Crippen LogP contribution in [0.25, 0.3) is 0 Å². The summed E-state index contributed by atoms with van der Waals surface area (Å²) in [5.41, 5.74) is 0.420. The molecule has 1 aliphatic heterocycles. The van der Waals surface area contributed by atoms with E-state index >= 15 is 0 Å². The quantitative estimate of drug-likeness (QED) is 0.789. The number of hydrogen-bond donors (Lipinski definition) is 0. The van der Waals surface area contributed by atoms with Crippen molar-refractivity contribution in [1.82, 2.24) is 9.80 Å². The third kappa shape index (κ3) is 2.30. The summed E-state index contributed by atoms with van der Waals surface area (Å²) in [4.78, 5) is 28.1. The zero-order chi connectivity index (χ0) is 15.1. The lowest BCUT2D eigenvalue weighted by Crippen LogP contribution is -2.42. The van der Waals surface area contributed by atoms with Gasteiger partial charge in [0.25, 0.3) is 0 Å². The molecule has 1 fully saturated rings. The number of rotatable bonds is 1. The van der Waals surface area contributed by atoms with Crippen molar-refractivity contribution in [3.05, 3.63) is 35.9 Å². The lowest BCUT2D eigenvalue weighted by molar-refractivity contribution is -0.137. The number of imide groups is 1. The van der Waals surface area contributed by atoms with Gasteiger partial charge in [-0.3, -0.25) is 9.69 Å². The number of carbonyl (C=O) groups excluding carboxylic acids is 2. The number of hydrogen-bond acceptors (Lipinski definition) is 2. The molecular formula is C16H22N2O2. The highest BCUT2D eigenvalue weighted by Gasteiger charge is 2.47. The molecule has 108 valence electrons. The Balaban J connectivity index is 2.46. The molecule has 2 unspecified atom stereocenters. The molecule has 3 amide bonds. The zero-order valence-electron chi connectivity index (χ0n) is 12.8. The maximum atomic E-state index is 12.6. The fourth-order valence-electron chi connectivity index (χ4n) is 2.54. The van der Waals surface area contributed by atoms with Gasteiger partial charge in [-0.2, -0.15) is 0 Å². The van der Waals surface area contributed by atoms with Gasteiger partial charge in [-0.25, -0.2) is 4.79 Å². The summed E-state index contributed by atoms with van der Waals surface area (Å²) in [5, 5.41) is 0. The molecule has 1 aromatic rings. The number of urea groups is 1. The Morgan fingerprint density at radius 1 is 1.15 bits per heavy atom. The summed E-state index contributed by atoms with van der Waals surface area (Å²) in [7, 11) is 1.75. The monoisotopic (exact) mass is 274 g/mol. The van der Waals surface area contributed by atoms with Crippen molar-refractivity contribution < 1.29 is 9.59 Å². The van der Waals surface area contributed by atoms with Gasteiger partial charge in [-0.15, -0.1) is 0 Å². The van der Waals surface area contributed by atoms with Crippen LogP contribution in [0.1, 0.15) is 39.3 Å². The van der Waals surface area contributed by atoms with Crippen molar-refractivity contribution in [3.8, 4) is 0 Å². The van der Waals surface area contributed by atoms with Crippen LogP contribution >= 0.6 is 0 Å². The fourth-order valence-corrected chi connectivity index (χ4v) is 2.54. The molecular weight excluding hydrogens is 252 g/mol. The molecule has 0 aliphatic carbocycles. The normalized spacial score (nSPS) is 23.4. The maximum absolute atomic E-state index is 12.6. The van der Waals surface area contributed by atoms with Crippen molar-refractivity contribution in [2.24, 2.45) is 5.41 Å². The SMILES string of the molecule is CC1C(c2ccccc2)N(C(=O)C(C)(C)C)C(=O)N1C. The van der Waals surface area contributed by atoms with Crippen LogP contribution in [-0.4, -0.2) is 34.8 Å². The third-order valence-corrected chi connectivity index (χ3v) is 3.86. The summed E-state index contributed by atoms with van der Waals surface area (Å²) >= 11 is 0. The number of carbonyl (C=O) groups is 2. The predicted octanol–water partition coefficient (Wildman–Crippen LogP) is 3.06. The van der Waals surface area contributed by atoms with E-state index in [0.29, 0.717) is 0 Å². The Hall–Kier alpha value is -1.84. The first-order valence-electron chi connectivity index (χ1n) is 6.90. The van der Waals surface area contributed by atoms with Crippen LogP contribution in [0.5, 0.6) is 0 Å². The average molecular weight is 274 g/mol. The predicted molar refractivity (Wildman–Crippen MR) is 78.1 cm³/mol. The second-order valence-corrected chi connectivity index (χ2v) is 6.41. The molecule has 0 N–H and O–H groups in total. The topological polar surface area (TPSA) is 40.6 Å². The molecule has 1 aromatic carbocycles. The van der Waals surface area contributed by atoms with E-state index < -0.39 is 5.41 Å². The highest BCUT2D eigenvalue weighted by molar-refractivity contribution is 5.99. The van der Waals surface area contributed by atoms with E-state index in [1.54, 1.807) is 11.9 Å². The van der Waals surface area contributed by atoms with Gasteiger partial charge in [0.2, 0.25) is 5.91 Å². The van der Waals surface area contributed by atoms with E-state index in [1.165, 1.54) is 4.90 Å². The van der Waals surface area contributed by atoms with Crippen LogP contribution in [0.15, 0.2) is 30.3 Å². The van der Waals surface area contributed by atoms with Crippen LogP contribution in [0.3, 0.4) is 0 Å². The first-order valence-corrected chi connectivity index (χ1v) is 6.90. The van der Waals surface area contributed by atoms with Crippen molar-refractivity contribution in [1.29, 1.82) is 0 Å². The minimum absolute atomic E-state index is 0.0313. The molecule has 1 saturated heterocycles. The fraction of sp³-hybridized carbons (Fsp3) is 0.500. The van der Waals surface area contributed by atoms with Crippen molar-refractivity contribution in [2.75, 3.05) is 7.05 Å². The Morgan fingerprint density at radius 2 is 1.70 bits per heavy atom. The average Bonchev–Trinajstić information content (AvgIpc) is 2.62. The van der Waals surface area contributed by atoms with Crippen molar-refractivity contribution in [3.63, 3.8) is 0 Å². The molecule has 0 radical (unpaired) electrons. The Kier molecular flexibility index (Phi) is 3.59. The van der Waals surface area contributed by atoms with E-state index in [2.05, 4.69) is 0 Å². The highest BCUT2D eigenvalue weighted by Crippen LogP contribution is 2.37. The molecule has 2 rings (SSSR count). The lowest BCUT2D eigenvalue weighted by atomic mass is 9.92. The van der Waals surface area contributed by atoms with Crippen molar-refractivity contribution in [2.45, 2.75) is 39.8 Å². The van der Waals surface area contributed by atoms with Gasteiger partial charge >= 0.3 is 6.03 Å². The van der Waals surface area contributed by atoms with Crippen LogP contribution < -0.4 is 0 Å². The molecule has 4 nitrogen and oxygen atoms in total. The smallest absolute Gasteiger partial charge is 0.322 e. The van der Waals surface area contributed by atoms with Gasteiger partial charge in [0.05, 0.1) is 12.1 Å². The number of benzene rings is 1. The largest absolute Gasteiger partial charge is 0.327 e. The first kappa shape index (κ1) is 14.6. The molecule has 2 atom stereocenters. The lowest BCUT2D eigenvalue weighted by Gasteiger charge is -2.29. The highest BCUT2D eigenvalue weighted by atomic mass is 16.2. The van der Waals surface area contributed by atoms with Crippen LogP contribution in [-0.2, 0) is 4.79 Å². The van der Waals surface area contributed by atoms with Gasteiger partial charge in [0, 0.05) is 12.5 Å². The van der Waals surface area contributed by atoms with E-state index in [4.69, 9.17) is 0 Å². The second kappa shape index (κ2) is 4.93. The summed E-state index contributed by atoms with van der Waals surface area (Å²) < 4.78 is 0. The van der Waals surface area contributed by atoms with Gasteiger partial charge in [-0.1, -0.05) is 51.1 Å². The van der Waals surface area contributed by atoms with Crippen LogP contribution in [0.2, 0.25) is 0 Å². The molecule has 0 bridgehead atoms. The van der Waals surface area contributed by atoms with E-state index in [1.807, 2.05) is 58.0 Å². The number of nitrogens with zero attached hydrogens (tertiary/aromatic N) is 2. The summed E-state index contributed by atoms with van der Waals surface area (Å²) in [5.74, 6) is -0.132. The molecule has 1 heterocycles. The Morgan fingerprint density at radius 3 is 2.20 bits per heavy atom. The minimum Gasteiger partial charge on any atom is -0.322 e. The molecule has 20 heavy (non-hydrogen) atoms. The van der Waals surface area contributed by atoms with E-state index in [-0.39, 0.29) is 24.0 Å². The Bertz CT molecular complexity index is 519. The van der Waals surface area contributed by atoms with Crippen LogP contribution in [0, 0.1) is 5.41 Å². The zero-order valence-corrected chi connectivity index (χ0v) is 12.8. The second-order valence-electron chi connectivity index (χ2n) is 6.41. The van der Waals surface area contributed by atoms with E-state index in [0.717, 1.165) is 5.56 Å². The molecule has 0 saturated carbocycles. The molecule has 1 aliphatic rings. The molecule has 0 spiro atoms.